The van der Waals surface area contributed by atoms with Crippen LogP contribution in [0.4, 0.5) is 4.39 Å². The van der Waals surface area contributed by atoms with Crippen molar-refractivity contribution in [1.29, 1.82) is 0 Å². The maximum absolute atomic E-state index is 13.0. The first-order chi connectivity index (χ1) is 10.0. The van der Waals surface area contributed by atoms with Crippen LogP contribution in [-0.2, 0) is 6.54 Å². The molecule has 0 aliphatic rings. The van der Waals surface area contributed by atoms with Crippen molar-refractivity contribution >= 4 is 15.9 Å². The monoisotopic (exact) mass is 350 g/mol. The molecule has 0 amide bonds. The van der Waals surface area contributed by atoms with Crippen molar-refractivity contribution in [1.82, 2.24) is 4.90 Å². The van der Waals surface area contributed by atoms with E-state index in [0.717, 1.165) is 16.6 Å². The largest absolute Gasteiger partial charge is 0.329 e. The minimum Gasteiger partial charge on any atom is -0.329 e. The van der Waals surface area contributed by atoms with Crippen molar-refractivity contribution in [3.8, 4) is 0 Å². The molecule has 2 aromatic rings. The number of likely N-dealkylation sites (N-methyl/N-ethyl adjacent to an activating group) is 1. The Bertz CT molecular complexity index is 598. The smallest absolute Gasteiger partial charge is 0.123 e. The Morgan fingerprint density at radius 2 is 1.86 bits per heavy atom. The van der Waals surface area contributed by atoms with Crippen LogP contribution in [0.15, 0.2) is 46.9 Å². The highest BCUT2D eigenvalue weighted by Crippen LogP contribution is 2.25. The van der Waals surface area contributed by atoms with Gasteiger partial charge in [-0.3, -0.25) is 4.90 Å². The average molecular weight is 351 g/mol. The van der Waals surface area contributed by atoms with Crippen LogP contribution in [0.5, 0.6) is 0 Å². The Balaban J connectivity index is 2.15. The third-order valence-electron chi connectivity index (χ3n) is 3.67. The summed E-state index contributed by atoms with van der Waals surface area (Å²) in [6.45, 7) is 3.34. The number of rotatable bonds is 5. The minimum absolute atomic E-state index is 0.141. The molecule has 0 spiro atoms. The number of halogens is 2. The molecule has 0 aliphatic heterocycles. The summed E-state index contributed by atoms with van der Waals surface area (Å²) in [6.07, 6.45) is 0. The minimum atomic E-state index is -0.208. The molecular weight excluding hydrogens is 331 g/mol. The van der Waals surface area contributed by atoms with Gasteiger partial charge in [0.1, 0.15) is 5.82 Å². The molecule has 2 nitrogen and oxygen atoms in total. The summed E-state index contributed by atoms with van der Waals surface area (Å²) in [5.41, 5.74) is 9.43. The van der Waals surface area contributed by atoms with Crippen molar-refractivity contribution < 1.29 is 4.39 Å². The molecule has 0 saturated heterocycles. The van der Waals surface area contributed by atoms with Crippen LogP contribution >= 0.6 is 15.9 Å². The predicted molar refractivity (Wildman–Crippen MR) is 88.5 cm³/mol. The number of benzene rings is 2. The summed E-state index contributed by atoms with van der Waals surface area (Å²) in [4.78, 5) is 2.19. The second kappa shape index (κ2) is 7.16. The van der Waals surface area contributed by atoms with Crippen LogP contribution in [0.2, 0.25) is 0 Å². The van der Waals surface area contributed by atoms with Crippen molar-refractivity contribution in [2.24, 2.45) is 5.73 Å². The third kappa shape index (κ3) is 4.13. The van der Waals surface area contributed by atoms with E-state index in [1.807, 2.05) is 19.2 Å². The topological polar surface area (TPSA) is 29.3 Å². The van der Waals surface area contributed by atoms with Crippen molar-refractivity contribution in [2.45, 2.75) is 19.5 Å². The average Bonchev–Trinajstić information content (AvgIpc) is 2.46. The second-order valence-electron chi connectivity index (χ2n) is 5.30. The lowest BCUT2D eigenvalue weighted by molar-refractivity contribution is 0.241. The van der Waals surface area contributed by atoms with Gasteiger partial charge in [0, 0.05) is 23.6 Å². The molecule has 2 rings (SSSR count). The zero-order valence-electron chi connectivity index (χ0n) is 12.3. The molecule has 0 aromatic heterocycles. The molecule has 2 aromatic carbocycles. The van der Waals surface area contributed by atoms with Gasteiger partial charge in [0.15, 0.2) is 0 Å². The highest BCUT2D eigenvalue weighted by molar-refractivity contribution is 9.10. The molecule has 0 fully saturated rings. The zero-order chi connectivity index (χ0) is 15.4. The van der Waals surface area contributed by atoms with Crippen LogP contribution in [0.1, 0.15) is 22.7 Å². The van der Waals surface area contributed by atoms with Crippen LogP contribution in [0, 0.1) is 12.7 Å². The van der Waals surface area contributed by atoms with Crippen molar-refractivity contribution in [2.75, 3.05) is 13.6 Å². The first kappa shape index (κ1) is 16.1. The Hall–Kier alpha value is -1.23. The summed E-state index contributed by atoms with van der Waals surface area (Å²) in [7, 11) is 2.04. The van der Waals surface area contributed by atoms with E-state index in [1.165, 1.54) is 23.3 Å². The first-order valence-corrected chi connectivity index (χ1v) is 7.71. The van der Waals surface area contributed by atoms with Gasteiger partial charge in [0.2, 0.25) is 0 Å². The van der Waals surface area contributed by atoms with Gasteiger partial charge in [-0.2, -0.15) is 0 Å². The number of nitrogens with two attached hydrogens (primary N) is 1. The number of hydrogen-bond donors (Lipinski definition) is 1. The summed E-state index contributed by atoms with van der Waals surface area (Å²) in [5.74, 6) is -0.208. The molecule has 0 saturated carbocycles. The normalized spacial score (nSPS) is 12.7. The van der Waals surface area contributed by atoms with Gasteiger partial charge in [-0.15, -0.1) is 0 Å². The fourth-order valence-corrected chi connectivity index (χ4v) is 2.68. The van der Waals surface area contributed by atoms with Gasteiger partial charge < -0.3 is 5.73 Å². The standard InChI is InChI=1S/C17H20BrFN2/c1-12-9-14(5-8-16(12)18)17(10-20)21(2)11-13-3-6-15(19)7-4-13/h3-9,17H,10-11,20H2,1-2H3. The fourth-order valence-electron chi connectivity index (χ4n) is 2.43. The second-order valence-corrected chi connectivity index (χ2v) is 6.16. The fraction of sp³-hybridized carbons (Fsp3) is 0.294. The quantitative estimate of drug-likeness (QED) is 0.881. The zero-order valence-corrected chi connectivity index (χ0v) is 13.9. The SMILES string of the molecule is Cc1cc(C(CN)N(C)Cc2ccc(F)cc2)ccc1Br. The summed E-state index contributed by atoms with van der Waals surface area (Å²) < 4.78 is 14.1. The molecule has 0 heterocycles. The molecule has 1 unspecified atom stereocenters. The Morgan fingerprint density at radius 1 is 1.19 bits per heavy atom. The van der Waals surface area contributed by atoms with Gasteiger partial charge in [-0.1, -0.05) is 40.2 Å². The molecule has 21 heavy (non-hydrogen) atoms. The lowest BCUT2D eigenvalue weighted by atomic mass is 10.0. The lowest BCUT2D eigenvalue weighted by Gasteiger charge is -2.28. The van der Waals surface area contributed by atoms with E-state index >= 15 is 0 Å². The van der Waals surface area contributed by atoms with Gasteiger partial charge in [-0.25, -0.2) is 4.39 Å². The van der Waals surface area contributed by atoms with Crippen molar-refractivity contribution in [3.63, 3.8) is 0 Å². The lowest BCUT2D eigenvalue weighted by Crippen LogP contribution is -2.30. The molecule has 0 bridgehead atoms. The number of nitrogens with zero attached hydrogens (tertiary/aromatic N) is 1. The van der Waals surface area contributed by atoms with E-state index in [4.69, 9.17) is 5.73 Å². The molecule has 112 valence electrons. The van der Waals surface area contributed by atoms with E-state index in [2.05, 4.69) is 46.0 Å². The molecule has 0 radical (unpaired) electrons. The Labute approximate surface area is 133 Å². The van der Waals surface area contributed by atoms with E-state index < -0.39 is 0 Å². The van der Waals surface area contributed by atoms with Crippen LogP contribution in [0.25, 0.3) is 0 Å². The highest BCUT2D eigenvalue weighted by atomic mass is 79.9. The molecular formula is C17H20BrFN2. The van der Waals surface area contributed by atoms with Crippen LogP contribution < -0.4 is 5.73 Å². The molecule has 2 N–H and O–H groups in total. The number of aryl methyl sites for hydroxylation is 1. The third-order valence-corrected chi connectivity index (χ3v) is 4.56. The van der Waals surface area contributed by atoms with Crippen molar-refractivity contribution in [3.05, 3.63) is 69.4 Å². The molecule has 0 aliphatic carbocycles. The molecule has 1 atom stereocenters. The van der Waals surface area contributed by atoms with Gasteiger partial charge in [0.25, 0.3) is 0 Å². The van der Waals surface area contributed by atoms with Gasteiger partial charge >= 0.3 is 0 Å². The van der Waals surface area contributed by atoms with Crippen LogP contribution in [-0.4, -0.2) is 18.5 Å². The van der Waals surface area contributed by atoms with E-state index in [0.29, 0.717) is 6.54 Å². The number of hydrogen-bond acceptors (Lipinski definition) is 2. The van der Waals surface area contributed by atoms with Gasteiger partial charge in [-0.05, 0) is 48.9 Å². The Kier molecular flexibility index (Phi) is 5.51. The maximum Gasteiger partial charge on any atom is 0.123 e. The first-order valence-electron chi connectivity index (χ1n) is 6.92. The highest BCUT2D eigenvalue weighted by Gasteiger charge is 2.16. The predicted octanol–water partition coefficient (Wildman–Crippen LogP) is 4.03. The van der Waals surface area contributed by atoms with E-state index in [9.17, 15) is 4.39 Å². The molecule has 4 heteroatoms. The summed E-state index contributed by atoms with van der Waals surface area (Å²) in [5, 5.41) is 0. The summed E-state index contributed by atoms with van der Waals surface area (Å²) >= 11 is 3.52. The Morgan fingerprint density at radius 3 is 2.43 bits per heavy atom. The summed E-state index contributed by atoms with van der Waals surface area (Å²) in [6, 6.07) is 13.0. The van der Waals surface area contributed by atoms with Gasteiger partial charge in [0.05, 0.1) is 0 Å². The van der Waals surface area contributed by atoms with Crippen LogP contribution in [0.3, 0.4) is 0 Å². The van der Waals surface area contributed by atoms with E-state index in [-0.39, 0.29) is 11.9 Å². The van der Waals surface area contributed by atoms with E-state index in [1.54, 1.807) is 0 Å². The maximum atomic E-state index is 13.0.